The van der Waals surface area contributed by atoms with Crippen LogP contribution in [0.2, 0.25) is 0 Å². The highest BCUT2D eigenvalue weighted by molar-refractivity contribution is 6.13. The number of rotatable bonds is 8. The van der Waals surface area contributed by atoms with Crippen molar-refractivity contribution in [2.24, 2.45) is 0 Å². The fraction of sp³-hybridized carbons (Fsp3) is 0.185. The second kappa shape index (κ2) is 9.80. The van der Waals surface area contributed by atoms with Crippen LogP contribution in [0, 0.1) is 0 Å². The molecule has 4 aromatic rings. The molecule has 35 heavy (non-hydrogen) atoms. The summed E-state index contributed by atoms with van der Waals surface area (Å²) >= 11 is 0. The average molecular weight is 476 g/mol. The summed E-state index contributed by atoms with van der Waals surface area (Å²) in [6.45, 7) is 0. The minimum absolute atomic E-state index is 0.0940. The molecule has 8 nitrogen and oxygen atoms in total. The monoisotopic (exact) mass is 476 g/mol. The molecule has 0 spiro atoms. The summed E-state index contributed by atoms with van der Waals surface area (Å²) in [4.78, 5) is 27.4. The van der Waals surface area contributed by atoms with E-state index in [0.29, 0.717) is 34.3 Å². The Morgan fingerprint density at radius 2 is 1.31 bits per heavy atom. The zero-order valence-electron chi connectivity index (χ0n) is 20.0. The van der Waals surface area contributed by atoms with Gasteiger partial charge in [0, 0.05) is 17.2 Å². The van der Waals surface area contributed by atoms with Gasteiger partial charge >= 0.3 is 0 Å². The van der Waals surface area contributed by atoms with E-state index in [2.05, 4.69) is 0 Å². The number of ketones is 1. The zero-order valence-corrected chi connectivity index (χ0v) is 20.0. The molecule has 180 valence electrons. The number of ether oxygens (including phenoxy) is 5. The Labute approximate surface area is 201 Å². The highest BCUT2D eigenvalue weighted by atomic mass is 16.5. The topological polar surface area (TPSA) is 93.4 Å². The molecule has 3 aromatic carbocycles. The van der Waals surface area contributed by atoms with E-state index < -0.39 is 11.2 Å². The predicted molar refractivity (Wildman–Crippen MR) is 131 cm³/mol. The molecule has 0 radical (unpaired) electrons. The lowest BCUT2D eigenvalue weighted by Crippen LogP contribution is -2.18. The van der Waals surface area contributed by atoms with Gasteiger partial charge in [0.2, 0.25) is 11.2 Å². The Morgan fingerprint density at radius 3 is 1.94 bits per heavy atom. The highest BCUT2D eigenvalue weighted by Gasteiger charge is 2.25. The van der Waals surface area contributed by atoms with E-state index in [1.807, 2.05) is 0 Å². The Balaban J connectivity index is 2.01. The summed E-state index contributed by atoms with van der Waals surface area (Å²) in [5.41, 5.74) is 0.390. The van der Waals surface area contributed by atoms with Gasteiger partial charge in [-0.2, -0.15) is 0 Å². The van der Waals surface area contributed by atoms with Crippen LogP contribution in [0.5, 0.6) is 28.7 Å². The molecule has 0 aliphatic rings. The minimum atomic E-state index is -0.526. The Kier molecular flexibility index (Phi) is 6.64. The van der Waals surface area contributed by atoms with Crippen LogP contribution in [0.25, 0.3) is 22.3 Å². The summed E-state index contributed by atoms with van der Waals surface area (Å²) in [7, 11) is 7.51. The molecular formula is C27H24O8. The maximum atomic E-state index is 13.7. The fourth-order valence-electron chi connectivity index (χ4n) is 3.81. The lowest BCUT2D eigenvalue weighted by molar-refractivity contribution is 0.103. The van der Waals surface area contributed by atoms with Gasteiger partial charge in [-0.1, -0.05) is 0 Å². The maximum Gasteiger partial charge on any atom is 0.204 e. The molecule has 0 unspecified atom stereocenters. The predicted octanol–water partition coefficient (Wildman–Crippen LogP) is 4.73. The van der Waals surface area contributed by atoms with Crippen molar-refractivity contribution in [1.29, 1.82) is 0 Å². The van der Waals surface area contributed by atoms with E-state index in [1.165, 1.54) is 41.6 Å². The molecule has 8 heteroatoms. The first-order chi connectivity index (χ1) is 16.9. The van der Waals surface area contributed by atoms with Crippen molar-refractivity contribution in [3.63, 3.8) is 0 Å². The van der Waals surface area contributed by atoms with Gasteiger partial charge in [-0.05, 0) is 48.5 Å². The molecule has 0 saturated carbocycles. The molecular weight excluding hydrogens is 452 g/mol. The number of carbonyl (C=O) groups is 1. The first kappa shape index (κ1) is 23.7. The fourth-order valence-corrected chi connectivity index (χ4v) is 3.81. The van der Waals surface area contributed by atoms with Crippen LogP contribution in [-0.2, 0) is 0 Å². The average Bonchev–Trinajstić information content (AvgIpc) is 2.91. The standard InChI is InChI=1S/C27H24O8/c1-30-17-8-9-18-21(14-17)35-27(16-7-11-20(32-3)23(13-16)34-5)24(26(18)29)25(28)15-6-10-19(31-2)22(12-15)33-4/h6-14H,1-5H3. The quantitative estimate of drug-likeness (QED) is 0.337. The van der Waals surface area contributed by atoms with Crippen LogP contribution in [0.15, 0.2) is 63.8 Å². The third-order valence-electron chi connectivity index (χ3n) is 5.62. The van der Waals surface area contributed by atoms with Crippen LogP contribution < -0.4 is 29.1 Å². The van der Waals surface area contributed by atoms with Crippen molar-refractivity contribution >= 4 is 16.8 Å². The Morgan fingerprint density at radius 1 is 0.686 bits per heavy atom. The van der Waals surface area contributed by atoms with Gasteiger partial charge in [0.15, 0.2) is 23.0 Å². The molecule has 1 aromatic heterocycles. The van der Waals surface area contributed by atoms with Crippen molar-refractivity contribution < 1.29 is 32.9 Å². The lowest BCUT2D eigenvalue weighted by atomic mass is 9.96. The Hall–Kier alpha value is -4.46. The molecule has 4 rings (SSSR count). The third kappa shape index (κ3) is 4.26. The molecule has 0 atom stereocenters. The van der Waals surface area contributed by atoms with Crippen LogP contribution in [0.4, 0.5) is 0 Å². The van der Waals surface area contributed by atoms with Crippen molar-refractivity contribution in [3.8, 4) is 40.1 Å². The number of hydrogen-bond acceptors (Lipinski definition) is 8. The van der Waals surface area contributed by atoms with E-state index in [1.54, 1.807) is 48.5 Å². The first-order valence-corrected chi connectivity index (χ1v) is 10.6. The van der Waals surface area contributed by atoms with E-state index in [-0.39, 0.29) is 27.9 Å². The summed E-state index contributed by atoms with van der Waals surface area (Å²) in [5.74, 6) is 1.82. The zero-order chi connectivity index (χ0) is 25.1. The van der Waals surface area contributed by atoms with Gasteiger partial charge < -0.3 is 28.1 Å². The molecule has 0 N–H and O–H groups in total. The third-order valence-corrected chi connectivity index (χ3v) is 5.62. The molecule has 0 aliphatic carbocycles. The van der Waals surface area contributed by atoms with Crippen LogP contribution in [0.3, 0.4) is 0 Å². The van der Waals surface area contributed by atoms with Gasteiger partial charge in [-0.25, -0.2) is 0 Å². The minimum Gasteiger partial charge on any atom is -0.497 e. The second-order valence-corrected chi connectivity index (χ2v) is 7.47. The van der Waals surface area contributed by atoms with Gasteiger partial charge in [0.25, 0.3) is 0 Å². The van der Waals surface area contributed by atoms with Crippen molar-refractivity contribution in [2.45, 2.75) is 0 Å². The van der Waals surface area contributed by atoms with Crippen LogP contribution in [-0.4, -0.2) is 41.3 Å². The normalized spacial score (nSPS) is 10.7. The highest BCUT2D eigenvalue weighted by Crippen LogP contribution is 2.36. The molecule has 0 aliphatic heterocycles. The summed E-state index contributed by atoms with van der Waals surface area (Å²) in [6, 6.07) is 14.5. The van der Waals surface area contributed by atoms with E-state index >= 15 is 0 Å². The van der Waals surface area contributed by atoms with Gasteiger partial charge in [0.05, 0.1) is 40.9 Å². The number of benzene rings is 3. The maximum absolute atomic E-state index is 13.7. The largest absolute Gasteiger partial charge is 0.497 e. The van der Waals surface area contributed by atoms with Crippen LogP contribution >= 0.6 is 0 Å². The molecule has 0 bridgehead atoms. The SMILES string of the molecule is COc1ccc2c(=O)c(C(=O)c3ccc(OC)c(OC)c3)c(-c3ccc(OC)c(OC)c3)oc2c1. The second-order valence-electron chi connectivity index (χ2n) is 7.47. The van der Waals surface area contributed by atoms with E-state index in [9.17, 15) is 9.59 Å². The molecule has 0 fully saturated rings. The number of carbonyl (C=O) groups excluding carboxylic acids is 1. The molecule has 0 amide bonds. The van der Waals surface area contributed by atoms with Crippen molar-refractivity contribution in [3.05, 3.63) is 75.9 Å². The number of methoxy groups -OCH3 is 5. The number of fused-ring (bicyclic) bond motifs is 1. The van der Waals surface area contributed by atoms with Gasteiger partial charge in [-0.3, -0.25) is 9.59 Å². The smallest absolute Gasteiger partial charge is 0.204 e. The lowest BCUT2D eigenvalue weighted by Gasteiger charge is -2.14. The molecule has 0 saturated heterocycles. The van der Waals surface area contributed by atoms with E-state index in [0.717, 1.165) is 0 Å². The summed E-state index contributed by atoms with van der Waals surface area (Å²) < 4.78 is 32.8. The summed E-state index contributed by atoms with van der Waals surface area (Å²) in [5, 5.41) is 0.249. The number of hydrogen-bond donors (Lipinski definition) is 0. The van der Waals surface area contributed by atoms with Crippen LogP contribution in [0.1, 0.15) is 15.9 Å². The Bertz CT molecular complexity index is 1470. The van der Waals surface area contributed by atoms with E-state index in [4.69, 9.17) is 28.1 Å². The molecule has 1 heterocycles. The van der Waals surface area contributed by atoms with Gasteiger partial charge in [0.1, 0.15) is 22.7 Å². The van der Waals surface area contributed by atoms with Crippen molar-refractivity contribution in [1.82, 2.24) is 0 Å². The first-order valence-electron chi connectivity index (χ1n) is 10.6. The summed E-state index contributed by atoms with van der Waals surface area (Å²) in [6.07, 6.45) is 0. The van der Waals surface area contributed by atoms with Gasteiger partial charge in [-0.15, -0.1) is 0 Å². The van der Waals surface area contributed by atoms with Crippen molar-refractivity contribution in [2.75, 3.05) is 35.5 Å².